The predicted octanol–water partition coefficient (Wildman–Crippen LogP) is 6.81. The number of anilines is 5. The van der Waals surface area contributed by atoms with Crippen LogP contribution in [0.25, 0.3) is 22.0 Å². The van der Waals surface area contributed by atoms with Crippen LogP contribution >= 0.6 is 23.1 Å². The molecule has 0 bridgehead atoms. The number of nitrogens with zero attached hydrogens (tertiary/aromatic N) is 7. The molecule has 18 heteroatoms. The average Bonchev–Trinajstić information content (AvgIpc) is 3.63. The Morgan fingerprint density at radius 2 is 1.71 bits per heavy atom. The number of fused-ring (bicyclic) bond motifs is 2. The second kappa shape index (κ2) is 18.7. The number of carbonyl (C=O) groups excluding carboxylic acids is 2. The molecule has 3 aromatic heterocycles. The number of aromatic nitrogens is 4. The number of methoxy groups -OCH3 is 1. The van der Waals surface area contributed by atoms with E-state index < -0.39 is 24.8 Å². The van der Waals surface area contributed by atoms with E-state index in [0.717, 1.165) is 99.0 Å². The molecule has 3 aliphatic rings. The van der Waals surface area contributed by atoms with Crippen LogP contribution in [-0.4, -0.2) is 113 Å². The van der Waals surface area contributed by atoms with Crippen molar-refractivity contribution in [1.29, 1.82) is 0 Å². The summed E-state index contributed by atoms with van der Waals surface area (Å²) in [6.45, 7) is 12.5. The topological polar surface area (TPSA) is 180 Å². The first kappa shape index (κ1) is 44.6. The summed E-state index contributed by atoms with van der Waals surface area (Å²) in [4.78, 5) is 58.7. The van der Waals surface area contributed by atoms with Crippen molar-refractivity contribution in [2.24, 2.45) is 0 Å². The molecule has 3 aliphatic heterocycles. The Bertz CT molecular complexity index is 2880. The minimum atomic E-state index is -2.72. The van der Waals surface area contributed by atoms with E-state index in [0.29, 0.717) is 44.8 Å². The van der Waals surface area contributed by atoms with Crippen molar-refractivity contribution in [2.45, 2.75) is 57.5 Å². The van der Waals surface area contributed by atoms with Crippen molar-refractivity contribution in [2.75, 3.05) is 81.8 Å². The highest BCUT2D eigenvalue weighted by Crippen LogP contribution is 2.42. The lowest BCUT2D eigenvalue weighted by Gasteiger charge is -2.43. The van der Waals surface area contributed by atoms with Gasteiger partial charge in [0.05, 0.1) is 40.2 Å². The molecule has 1 atom stereocenters. The SMILES string of the molecule is CCc1cc(Nc2ncc(Br)c(Nc3cnc4ccccc4c3P(C)(C)=O)n2)c(OC)cc1N1CCC(N2CCN(CCc3ccc4oc(=O)n(C5CCC(=O)NC5=O)c4c3)CC2)CC1. The highest BCUT2D eigenvalue weighted by atomic mass is 79.9. The van der Waals surface area contributed by atoms with Crippen molar-refractivity contribution < 1.29 is 23.3 Å². The molecule has 65 heavy (non-hydrogen) atoms. The molecule has 0 aliphatic carbocycles. The molecule has 3 N–H and O–H groups in total. The molecule has 2 amide bonds. The number of carbonyl (C=O) groups is 2. The fourth-order valence-corrected chi connectivity index (χ4v) is 11.3. The number of ether oxygens (including phenoxy) is 1. The third-order valence-electron chi connectivity index (χ3n) is 13.0. The van der Waals surface area contributed by atoms with Crippen LogP contribution in [0, 0.1) is 0 Å². The number of hydrogen-bond donors (Lipinski definition) is 3. The first-order valence-corrected chi connectivity index (χ1v) is 25.7. The predicted molar refractivity (Wildman–Crippen MR) is 258 cm³/mol. The number of benzene rings is 3. The van der Waals surface area contributed by atoms with Crippen LogP contribution in [0.2, 0.25) is 0 Å². The van der Waals surface area contributed by atoms with Crippen molar-refractivity contribution >= 4 is 91.0 Å². The van der Waals surface area contributed by atoms with Gasteiger partial charge in [-0.1, -0.05) is 31.2 Å². The van der Waals surface area contributed by atoms with E-state index >= 15 is 0 Å². The van der Waals surface area contributed by atoms with Crippen LogP contribution in [-0.2, 0) is 27.0 Å². The minimum absolute atomic E-state index is 0.188. The second-order valence-electron chi connectivity index (χ2n) is 17.4. The maximum Gasteiger partial charge on any atom is 0.420 e. The van der Waals surface area contributed by atoms with Gasteiger partial charge in [-0.2, -0.15) is 4.98 Å². The highest BCUT2D eigenvalue weighted by Gasteiger charge is 2.32. The summed E-state index contributed by atoms with van der Waals surface area (Å²) >= 11 is 3.60. The molecule has 3 fully saturated rings. The first-order chi connectivity index (χ1) is 31.4. The lowest BCUT2D eigenvalue weighted by molar-refractivity contribution is -0.135. The van der Waals surface area contributed by atoms with Gasteiger partial charge in [-0.3, -0.25) is 29.4 Å². The molecular weight excluding hydrogens is 911 g/mol. The number of halogens is 1. The lowest BCUT2D eigenvalue weighted by Crippen LogP contribution is -2.53. The summed E-state index contributed by atoms with van der Waals surface area (Å²) in [6, 6.07) is 17.5. The molecule has 1 unspecified atom stereocenters. The van der Waals surface area contributed by atoms with Gasteiger partial charge >= 0.3 is 5.76 Å². The largest absolute Gasteiger partial charge is 0.494 e. The van der Waals surface area contributed by atoms with Gasteiger partial charge in [0.15, 0.2) is 5.58 Å². The maximum atomic E-state index is 13.6. The number of oxazole rings is 1. The van der Waals surface area contributed by atoms with E-state index in [-0.39, 0.29) is 18.7 Å². The maximum absolute atomic E-state index is 13.6. The summed E-state index contributed by atoms with van der Waals surface area (Å²) in [5, 5.41) is 10.7. The van der Waals surface area contributed by atoms with E-state index in [1.54, 1.807) is 38.9 Å². The van der Waals surface area contributed by atoms with Gasteiger partial charge < -0.3 is 34.2 Å². The lowest BCUT2D eigenvalue weighted by atomic mass is 9.99. The van der Waals surface area contributed by atoms with E-state index in [1.807, 2.05) is 36.4 Å². The molecule has 16 nitrogen and oxygen atoms in total. The summed E-state index contributed by atoms with van der Waals surface area (Å²) in [6.07, 6.45) is 7.66. The van der Waals surface area contributed by atoms with Crippen LogP contribution in [0.5, 0.6) is 5.75 Å². The van der Waals surface area contributed by atoms with Gasteiger partial charge in [0.2, 0.25) is 17.8 Å². The van der Waals surface area contributed by atoms with Crippen LogP contribution < -0.4 is 36.6 Å². The monoisotopic (exact) mass is 964 g/mol. The third-order valence-corrected chi connectivity index (χ3v) is 15.1. The Morgan fingerprint density at radius 1 is 0.923 bits per heavy atom. The Balaban J connectivity index is 0.807. The van der Waals surface area contributed by atoms with E-state index in [4.69, 9.17) is 14.1 Å². The normalized spacial score (nSPS) is 18.0. The number of piperidine rings is 2. The average molecular weight is 966 g/mol. The number of hydrogen-bond acceptors (Lipinski definition) is 14. The summed E-state index contributed by atoms with van der Waals surface area (Å²) in [5.41, 5.74) is 6.67. The number of nitrogens with one attached hydrogen (secondary N) is 3. The Hall–Kier alpha value is -5.61. The van der Waals surface area contributed by atoms with Crippen molar-refractivity contribution in [3.8, 4) is 5.75 Å². The van der Waals surface area contributed by atoms with Gasteiger partial charge in [-0.05, 0) is 96.8 Å². The van der Waals surface area contributed by atoms with Gasteiger partial charge in [-0.25, -0.2) is 9.78 Å². The fraction of sp³-hybridized carbons (Fsp3) is 0.404. The summed E-state index contributed by atoms with van der Waals surface area (Å²) in [5.74, 6) is 0.218. The Morgan fingerprint density at radius 3 is 2.45 bits per heavy atom. The Labute approximate surface area is 385 Å². The van der Waals surface area contributed by atoms with E-state index in [2.05, 4.69) is 75.6 Å². The molecule has 0 spiro atoms. The van der Waals surface area contributed by atoms with Crippen molar-refractivity contribution in [1.82, 2.24) is 34.6 Å². The van der Waals surface area contributed by atoms with Crippen molar-refractivity contribution in [3.63, 3.8) is 0 Å². The minimum Gasteiger partial charge on any atom is -0.494 e. The van der Waals surface area contributed by atoms with Crippen molar-refractivity contribution in [3.05, 3.63) is 93.1 Å². The van der Waals surface area contributed by atoms with E-state index in [9.17, 15) is 18.9 Å². The zero-order valence-corrected chi connectivity index (χ0v) is 39.6. The standard InChI is InChI=1S/C47H54BrN10O6P/c1-5-30-25-35(52-46-50-27-33(48)44(54-46)51-36-28-49-34-9-7-6-8-32(34)43(36)65(3,4)62)41(63-2)26-38(30)57-18-15-31(16-19-57)56-22-20-55(21-23-56)17-14-29-10-12-40-39(24-29)58(47(61)64-40)37-11-13-42(59)53-45(37)60/h6-10,12,24-28,31,37H,5,11,13-23H2,1-4H3,(H,53,59,60)(H2,50,51,52,54). The molecule has 6 aromatic rings. The molecule has 340 valence electrons. The summed E-state index contributed by atoms with van der Waals surface area (Å²) < 4.78 is 27.0. The Kier molecular flexibility index (Phi) is 12.8. The quantitative estimate of drug-likeness (QED) is 0.0812. The summed E-state index contributed by atoms with van der Waals surface area (Å²) in [7, 11) is -1.04. The molecule has 3 saturated heterocycles. The van der Waals surface area contributed by atoms with Gasteiger partial charge in [0.25, 0.3) is 0 Å². The number of imide groups is 1. The fourth-order valence-electron chi connectivity index (χ4n) is 9.59. The number of amides is 2. The second-order valence-corrected chi connectivity index (χ2v) is 21.4. The molecule has 0 radical (unpaired) electrons. The van der Waals surface area contributed by atoms with Crippen LogP contribution in [0.4, 0.5) is 28.8 Å². The third kappa shape index (κ3) is 9.42. The van der Waals surface area contributed by atoms with Gasteiger partial charge in [-0.15, -0.1) is 0 Å². The molecular formula is C47H54BrN10O6P. The number of rotatable bonds is 13. The number of aryl methyl sites for hydroxylation is 1. The number of pyridine rings is 1. The van der Waals surface area contributed by atoms with Crippen LogP contribution in [0.15, 0.2) is 80.7 Å². The molecule has 0 saturated carbocycles. The smallest absolute Gasteiger partial charge is 0.420 e. The van der Waals surface area contributed by atoms with E-state index in [1.165, 1.54) is 15.8 Å². The van der Waals surface area contributed by atoms with Gasteiger partial charge in [0.1, 0.15) is 24.8 Å². The zero-order valence-electron chi connectivity index (χ0n) is 37.1. The zero-order chi connectivity index (χ0) is 45.4. The molecule has 9 rings (SSSR count). The van der Waals surface area contributed by atoms with Gasteiger partial charge in [0, 0.05) is 86.9 Å². The molecule has 6 heterocycles. The molecule has 3 aromatic carbocycles. The first-order valence-electron chi connectivity index (χ1n) is 22.3. The number of para-hydroxylation sites is 1. The van der Waals surface area contributed by atoms with Crippen LogP contribution in [0.1, 0.15) is 49.8 Å². The van der Waals surface area contributed by atoms with Crippen LogP contribution in [0.3, 0.4) is 0 Å². The highest BCUT2D eigenvalue weighted by molar-refractivity contribution is 9.10. The number of piperazine rings is 1.